The van der Waals surface area contributed by atoms with Gasteiger partial charge in [-0.15, -0.1) is 0 Å². The lowest BCUT2D eigenvalue weighted by Crippen LogP contribution is -2.37. The van der Waals surface area contributed by atoms with Crippen LogP contribution in [0.4, 0.5) is 0 Å². The van der Waals surface area contributed by atoms with Crippen molar-refractivity contribution < 1.29 is 14.6 Å². The second-order valence-corrected chi connectivity index (χ2v) is 5.75. The molecule has 1 amide bonds. The van der Waals surface area contributed by atoms with E-state index >= 15 is 0 Å². The number of benzene rings is 1. The summed E-state index contributed by atoms with van der Waals surface area (Å²) in [6.45, 7) is 5.49. The Morgan fingerprint density at radius 3 is 2.80 bits per heavy atom. The Bertz CT molecular complexity index is 518. The highest BCUT2D eigenvalue weighted by Crippen LogP contribution is 2.37. The molecular formula is C15H22N2O3. The van der Waals surface area contributed by atoms with Crippen LogP contribution in [-0.2, 0) is 4.79 Å². The lowest BCUT2D eigenvalue weighted by atomic mass is 9.89. The van der Waals surface area contributed by atoms with Gasteiger partial charge in [0.25, 0.3) is 0 Å². The van der Waals surface area contributed by atoms with Crippen molar-refractivity contribution in [2.75, 3.05) is 20.2 Å². The predicted octanol–water partition coefficient (Wildman–Crippen LogP) is 1.66. The maximum atomic E-state index is 11.5. The number of phenolic OH excluding ortho intramolecular Hbond substituents is 1. The fourth-order valence-electron chi connectivity index (χ4n) is 2.69. The Kier molecular flexibility index (Phi) is 3.90. The number of aromatic hydroxyl groups is 1. The molecule has 2 rings (SSSR count). The largest absolute Gasteiger partial charge is 0.504 e. The molecule has 20 heavy (non-hydrogen) atoms. The van der Waals surface area contributed by atoms with Crippen LogP contribution in [0.25, 0.3) is 0 Å². The average molecular weight is 278 g/mol. The molecule has 1 heterocycles. The number of nitrogens with two attached hydrogens (primary N) is 1. The zero-order chi connectivity index (χ0) is 14.9. The van der Waals surface area contributed by atoms with E-state index in [1.807, 2.05) is 19.1 Å². The van der Waals surface area contributed by atoms with Crippen LogP contribution in [0.3, 0.4) is 0 Å². The summed E-state index contributed by atoms with van der Waals surface area (Å²) >= 11 is 0. The van der Waals surface area contributed by atoms with Crippen LogP contribution < -0.4 is 10.5 Å². The number of hydrogen-bond acceptors (Lipinski definition) is 4. The van der Waals surface area contributed by atoms with Crippen molar-refractivity contribution in [1.82, 2.24) is 4.90 Å². The number of ether oxygens (including phenoxy) is 1. The van der Waals surface area contributed by atoms with E-state index in [4.69, 9.17) is 10.5 Å². The molecule has 0 saturated carbocycles. The van der Waals surface area contributed by atoms with Crippen LogP contribution in [0.15, 0.2) is 18.2 Å². The number of methoxy groups -OCH3 is 1. The summed E-state index contributed by atoms with van der Waals surface area (Å²) in [5.74, 6) is 0.355. The minimum Gasteiger partial charge on any atom is -0.504 e. The van der Waals surface area contributed by atoms with Gasteiger partial charge in [0.1, 0.15) is 0 Å². The Hall–Kier alpha value is -1.75. The van der Waals surface area contributed by atoms with Gasteiger partial charge in [-0.2, -0.15) is 0 Å². The Labute approximate surface area is 119 Å². The highest BCUT2D eigenvalue weighted by Gasteiger charge is 2.40. The zero-order valence-electron chi connectivity index (χ0n) is 12.2. The van der Waals surface area contributed by atoms with Crippen LogP contribution in [0.5, 0.6) is 11.5 Å². The number of nitrogens with zero attached hydrogens (tertiary/aromatic N) is 1. The molecule has 1 aromatic rings. The van der Waals surface area contributed by atoms with Crippen LogP contribution in [0.1, 0.15) is 31.9 Å². The molecule has 0 spiro atoms. The molecule has 3 N–H and O–H groups in total. The van der Waals surface area contributed by atoms with E-state index in [0.717, 1.165) is 18.5 Å². The number of primary amides is 1. The lowest BCUT2D eigenvalue weighted by Gasteiger charge is -2.27. The van der Waals surface area contributed by atoms with Crippen LogP contribution in [0, 0.1) is 5.41 Å². The van der Waals surface area contributed by atoms with Gasteiger partial charge in [0.2, 0.25) is 5.91 Å². The van der Waals surface area contributed by atoms with Gasteiger partial charge in [0, 0.05) is 12.6 Å². The molecule has 0 aromatic heterocycles. The maximum absolute atomic E-state index is 11.5. The number of carbonyl (C=O) groups excluding carboxylic acids is 1. The Morgan fingerprint density at radius 1 is 1.55 bits per heavy atom. The molecule has 1 aliphatic rings. The number of rotatable bonds is 4. The molecule has 0 bridgehead atoms. The fourth-order valence-corrected chi connectivity index (χ4v) is 2.69. The topological polar surface area (TPSA) is 75.8 Å². The summed E-state index contributed by atoms with van der Waals surface area (Å²) in [5.41, 5.74) is 6.08. The molecule has 1 saturated heterocycles. The van der Waals surface area contributed by atoms with Gasteiger partial charge >= 0.3 is 0 Å². The van der Waals surface area contributed by atoms with Crippen molar-refractivity contribution in [1.29, 1.82) is 0 Å². The molecule has 1 aromatic carbocycles. The summed E-state index contributed by atoms with van der Waals surface area (Å²) in [4.78, 5) is 13.7. The maximum Gasteiger partial charge on any atom is 0.224 e. The van der Waals surface area contributed by atoms with Crippen LogP contribution in [-0.4, -0.2) is 36.1 Å². The molecule has 0 aliphatic carbocycles. The third-order valence-electron chi connectivity index (χ3n) is 4.33. The number of amides is 1. The minimum atomic E-state index is -0.449. The van der Waals surface area contributed by atoms with E-state index in [-0.39, 0.29) is 17.7 Å². The summed E-state index contributed by atoms with van der Waals surface area (Å²) in [5, 5.41) is 9.64. The van der Waals surface area contributed by atoms with E-state index in [0.29, 0.717) is 12.3 Å². The van der Waals surface area contributed by atoms with Crippen molar-refractivity contribution in [2.24, 2.45) is 11.1 Å². The first-order valence-electron chi connectivity index (χ1n) is 6.78. The van der Waals surface area contributed by atoms with Crippen molar-refractivity contribution in [2.45, 2.75) is 26.3 Å². The Morgan fingerprint density at radius 2 is 2.25 bits per heavy atom. The van der Waals surface area contributed by atoms with Crippen LogP contribution in [0.2, 0.25) is 0 Å². The average Bonchev–Trinajstić information content (AvgIpc) is 2.82. The smallest absolute Gasteiger partial charge is 0.224 e. The van der Waals surface area contributed by atoms with Crippen LogP contribution >= 0.6 is 0 Å². The van der Waals surface area contributed by atoms with Crippen molar-refractivity contribution >= 4 is 5.91 Å². The number of carbonyl (C=O) groups is 1. The number of likely N-dealkylation sites (tertiary alicyclic amines) is 1. The first kappa shape index (κ1) is 14.7. The van der Waals surface area contributed by atoms with Crippen molar-refractivity contribution in [3.63, 3.8) is 0 Å². The van der Waals surface area contributed by atoms with E-state index in [1.165, 1.54) is 7.11 Å². The standard InChI is InChI=1S/C15H22N2O3/c1-10(11-4-5-12(18)13(8-11)20-3)17-7-6-15(2,9-17)14(16)19/h4-5,8,10,18H,6-7,9H2,1-3H3,(H2,16,19). The summed E-state index contributed by atoms with van der Waals surface area (Å²) < 4.78 is 5.13. The number of hydrogen-bond donors (Lipinski definition) is 2. The van der Waals surface area contributed by atoms with Gasteiger partial charge in [-0.25, -0.2) is 0 Å². The molecule has 1 fully saturated rings. The molecule has 0 radical (unpaired) electrons. The van der Waals surface area contributed by atoms with Crippen molar-refractivity contribution in [3.05, 3.63) is 23.8 Å². The third-order valence-corrected chi connectivity index (χ3v) is 4.33. The van der Waals surface area contributed by atoms with Gasteiger partial charge in [-0.05, 0) is 44.5 Å². The van der Waals surface area contributed by atoms with Gasteiger partial charge in [-0.1, -0.05) is 6.07 Å². The van der Waals surface area contributed by atoms with Gasteiger partial charge < -0.3 is 15.6 Å². The number of phenols is 1. The SMILES string of the molecule is COc1cc(C(C)N2CCC(C)(C(N)=O)C2)ccc1O. The van der Waals surface area contributed by atoms with E-state index in [9.17, 15) is 9.90 Å². The zero-order valence-corrected chi connectivity index (χ0v) is 12.2. The lowest BCUT2D eigenvalue weighted by molar-refractivity contribution is -0.126. The summed E-state index contributed by atoms with van der Waals surface area (Å²) in [6, 6.07) is 5.49. The van der Waals surface area contributed by atoms with Gasteiger partial charge in [-0.3, -0.25) is 9.69 Å². The van der Waals surface area contributed by atoms with Gasteiger partial charge in [0.05, 0.1) is 12.5 Å². The monoisotopic (exact) mass is 278 g/mol. The van der Waals surface area contributed by atoms with E-state index in [2.05, 4.69) is 11.8 Å². The van der Waals surface area contributed by atoms with Crippen molar-refractivity contribution in [3.8, 4) is 11.5 Å². The molecular weight excluding hydrogens is 256 g/mol. The second kappa shape index (κ2) is 5.32. The summed E-state index contributed by atoms with van der Waals surface area (Å²) in [7, 11) is 1.53. The fraction of sp³-hybridized carbons (Fsp3) is 0.533. The predicted molar refractivity (Wildman–Crippen MR) is 76.6 cm³/mol. The minimum absolute atomic E-state index is 0.131. The van der Waals surface area contributed by atoms with E-state index in [1.54, 1.807) is 6.07 Å². The molecule has 5 heteroatoms. The molecule has 5 nitrogen and oxygen atoms in total. The Balaban J connectivity index is 2.17. The first-order chi connectivity index (χ1) is 9.37. The van der Waals surface area contributed by atoms with E-state index < -0.39 is 5.41 Å². The third kappa shape index (κ3) is 2.58. The molecule has 110 valence electrons. The summed E-state index contributed by atoms with van der Waals surface area (Å²) in [6.07, 6.45) is 0.780. The highest BCUT2D eigenvalue weighted by molar-refractivity contribution is 5.81. The quantitative estimate of drug-likeness (QED) is 0.878. The second-order valence-electron chi connectivity index (χ2n) is 5.75. The normalized spacial score (nSPS) is 24.6. The molecule has 2 atom stereocenters. The van der Waals surface area contributed by atoms with Gasteiger partial charge in [0.15, 0.2) is 11.5 Å². The highest BCUT2D eigenvalue weighted by atomic mass is 16.5. The molecule has 2 unspecified atom stereocenters. The molecule has 1 aliphatic heterocycles. The first-order valence-corrected chi connectivity index (χ1v) is 6.78.